The Morgan fingerprint density at radius 1 is 1.37 bits per heavy atom. The molecule has 106 valence electrons. The van der Waals surface area contributed by atoms with Crippen molar-refractivity contribution in [2.75, 3.05) is 18.6 Å². The molecule has 2 amide bonds. The van der Waals surface area contributed by atoms with E-state index in [4.69, 9.17) is 0 Å². The van der Waals surface area contributed by atoms with Crippen molar-refractivity contribution >= 4 is 17.8 Å². The summed E-state index contributed by atoms with van der Waals surface area (Å²) < 4.78 is 25.7. The van der Waals surface area contributed by atoms with Crippen LogP contribution >= 0.6 is 11.8 Å². The van der Waals surface area contributed by atoms with Gasteiger partial charge in [-0.1, -0.05) is 6.07 Å². The van der Waals surface area contributed by atoms with E-state index in [-0.39, 0.29) is 12.1 Å². The van der Waals surface area contributed by atoms with Crippen molar-refractivity contribution in [1.29, 1.82) is 0 Å². The first-order chi connectivity index (χ1) is 9.02. The van der Waals surface area contributed by atoms with Gasteiger partial charge in [0.05, 0.1) is 0 Å². The van der Waals surface area contributed by atoms with E-state index in [0.29, 0.717) is 18.5 Å². The van der Waals surface area contributed by atoms with Crippen molar-refractivity contribution in [2.24, 2.45) is 0 Å². The summed E-state index contributed by atoms with van der Waals surface area (Å²) in [4.78, 5) is 11.5. The highest BCUT2D eigenvalue weighted by molar-refractivity contribution is 7.98. The molecule has 0 saturated heterocycles. The summed E-state index contributed by atoms with van der Waals surface area (Å²) in [6.07, 6.45) is 2.43. The van der Waals surface area contributed by atoms with Gasteiger partial charge in [0.25, 0.3) is 0 Å². The van der Waals surface area contributed by atoms with Gasteiger partial charge >= 0.3 is 6.03 Å². The first-order valence-electron chi connectivity index (χ1n) is 6.00. The summed E-state index contributed by atoms with van der Waals surface area (Å²) in [5.74, 6) is -0.882. The van der Waals surface area contributed by atoms with Gasteiger partial charge < -0.3 is 10.6 Å². The van der Waals surface area contributed by atoms with Gasteiger partial charge in [-0.2, -0.15) is 11.8 Å². The fourth-order valence-electron chi connectivity index (χ4n) is 1.58. The number of thioether (sulfide) groups is 1. The van der Waals surface area contributed by atoms with Crippen molar-refractivity contribution in [1.82, 2.24) is 10.6 Å². The van der Waals surface area contributed by atoms with Crippen LogP contribution in [-0.4, -0.2) is 30.6 Å². The average molecular weight is 288 g/mol. The first kappa shape index (κ1) is 15.8. The molecule has 0 aromatic heterocycles. The Balaban J connectivity index is 2.29. The van der Waals surface area contributed by atoms with Crippen molar-refractivity contribution in [3.05, 3.63) is 35.4 Å². The molecule has 0 aliphatic carbocycles. The number of benzene rings is 1. The van der Waals surface area contributed by atoms with Crippen LogP contribution in [0.3, 0.4) is 0 Å². The minimum atomic E-state index is -0.865. The van der Waals surface area contributed by atoms with E-state index < -0.39 is 11.6 Å². The minimum absolute atomic E-state index is 0.0956. The lowest BCUT2D eigenvalue weighted by molar-refractivity contribution is 0.239. The summed E-state index contributed by atoms with van der Waals surface area (Å²) in [5, 5.41) is 5.46. The largest absolute Gasteiger partial charge is 0.338 e. The summed E-state index contributed by atoms with van der Waals surface area (Å²) in [6, 6.07) is 3.59. The summed E-state index contributed by atoms with van der Waals surface area (Å²) in [6.45, 7) is 2.30. The van der Waals surface area contributed by atoms with Crippen molar-refractivity contribution in [3.8, 4) is 0 Å². The van der Waals surface area contributed by atoms with Crippen LogP contribution in [0.25, 0.3) is 0 Å². The van der Waals surface area contributed by atoms with E-state index in [2.05, 4.69) is 10.6 Å². The number of carbonyl (C=O) groups is 1. The number of hydrogen-bond acceptors (Lipinski definition) is 2. The van der Waals surface area contributed by atoms with Crippen LogP contribution in [0, 0.1) is 11.6 Å². The molecule has 6 heteroatoms. The summed E-state index contributed by atoms with van der Waals surface area (Å²) >= 11 is 1.66. The highest BCUT2D eigenvalue weighted by Crippen LogP contribution is 2.08. The molecule has 0 heterocycles. The lowest BCUT2D eigenvalue weighted by Gasteiger charge is -2.13. The van der Waals surface area contributed by atoms with Crippen LogP contribution < -0.4 is 10.6 Å². The zero-order valence-electron chi connectivity index (χ0n) is 11.0. The fourth-order valence-corrected chi connectivity index (χ4v) is 2.17. The third-order valence-electron chi connectivity index (χ3n) is 2.48. The normalized spacial score (nSPS) is 12.0. The van der Waals surface area contributed by atoms with Gasteiger partial charge in [-0.25, -0.2) is 13.6 Å². The van der Waals surface area contributed by atoms with E-state index in [1.54, 1.807) is 11.8 Å². The molecule has 0 spiro atoms. The maximum absolute atomic E-state index is 12.9. The molecule has 3 nitrogen and oxygen atoms in total. The second-order valence-electron chi connectivity index (χ2n) is 4.26. The number of hydrogen-bond donors (Lipinski definition) is 2. The second kappa shape index (κ2) is 7.99. The fraction of sp³-hybridized carbons (Fsp3) is 0.462. The first-order valence-corrected chi connectivity index (χ1v) is 7.39. The predicted molar refractivity (Wildman–Crippen MR) is 74.4 cm³/mol. The van der Waals surface area contributed by atoms with Crippen LogP contribution in [0.2, 0.25) is 0 Å². The number of halogens is 2. The van der Waals surface area contributed by atoms with Gasteiger partial charge in [0.2, 0.25) is 0 Å². The molecule has 0 bridgehead atoms. The monoisotopic (exact) mass is 288 g/mol. The Labute approximate surface area is 116 Å². The van der Waals surface area contributed by atoms with Gasteiger partial charge in [0.1, 0.15) is 0 Å². The standard InChI is InChI=1S/C13H18F2N2OS/c1-9(8-19-2)17-13(18)16-6-5-10-3-4-11(14)12(15)7-10/h3-4,7,9H,5-6,8H2,1-2H3,(H2,16,17,18)/t9-/m1/s1. The van der Waals surface area contributed by atoms with Crippen LogP contribution in [0.15, 0.2) is 18.2 Å². The molecule has 19 heavy (non-hydrogen) atoms. The molecule has 0 aliphatic heterocycles. The Morgan fingerprint density at radius 3 is 2.74 bits per heavy atom. The van der Waals surface area contributed by atoms with Crippen LogP contribution in [0.1, 0.15) is 12.5 Å². The lowest BCUT2D eigenvalue weighted by atomic mass is 10.1. The Kier molecular flexibility index (Phi) is 6.62. The van der Waals surface area contributed by atoms with Gasteiger partial charge in [-0.15, -0.1) is 0 Å². The zero-order valence-corrected chi connectivity index (χ0v) is 11.8. The van der Waals surface area contributed by atoms with Crippen LogP contribution in [-0.2, 0) is 6.42 Å². The van der Waals surface area contributed by atoms with E-state index >= 15 is 0 Å². The Morgan fingerprint density at radius 2 is 2.11 bits per heavy atom. The molecule has 1 aromatic rings. The topological polar surface area (TPSA) is 41.1 Å². The van der Waals surface area contributed by atoms with E-state index in [9.17, 15) is 13.6 Å². The quantitative estimate of drug-likeness (QED) is 0.844. The van der Waals surface area contributed by atoms with Crippen LogP contribution in [0.5, 0.6) is 0 Å². The molecule has 0 saturated carbocycles. The lowest BCUT2D eigenvalue weighted by Crippen LogP contribution is -2.42. The Hall–Kier alpha value is -1.30. The number of rotatable bonds is 6. The zero-order chi connectivity index (χ0) is 14.3. The van der Waals surface area contributed by atoms with E-state index in [1.165, 1.54) is 6.07 Å². The van der Waals surface area contributed by atoms with Gasteiger partial charge in [-0.3, -0.25) is 0 Å². The smallest absolute Gasteiger partial charge is 0.315 e. The van der Waals surface area contributed by atoms with E-state index in [0.717, 1.165) is 17.9 Å². The molecule has 0 aliphatic rings. The number of amides is 2. The summed E-state index contributed by atoms with van der Waals surface area (Å²) in [7, 11) is 0. The molecule has 1 atom stereocenters. The maximum atomic E-state index is 12.9. The molecule has 0 fully saturated rings. The molecule has 1 aromatic carbocycles. The number of urea groups is 1. The SMILES string of the molecule is CSC[C@@H](C)NC(=O)NCCc1ccc(F)c(F)c1. The predicted octanol–water partition coefficient (Wildman–Crippen LogP) is 2.56. The number of nitrogens with one attached hydrogen (secondary N) is 2. The second-order valence-corrected chi connectivity index (χ2v) is 5.17. The third-order valence-corrected chi connectivity index (χ3v) is 3.31. The molecule has 0 radical (unpaired) electrons. The van der Waals surface area contributed by atoms with Crippen molar-refractivity contribution < 1.29 is 13.6 Å². The summed E-state index contributed by atoms with van der Waals surface area (Å²) in [5.41, 5.74) is 0.649. The van der Waals surface area contributed by atoms with Gasteiger partial charge in [0, 0.05) is 18.3 Å². The molecule has 1 rings (SSSR count). The third kappa shape index (κ3) is 5.92. The maximum Gasteiger partial charge on any atom is 0.315 e. The van der Waals surface area contributed by atoms with Crippen molar-refractivity contribution in [2.45, 2.75) is 19.4 Å². The van der Waals surface area contributed by atoms with Crippen LogP contribution in [0.4, 0.5) is 13.6 Å². The molecular formula is C13H18F2N2OS. The minimum Gasteiger partial charge on any atom is -0.338 e. The highest BCUT2D eigenvalue weighted by Gasteiger charge is 2.06. The van der Waals surface area contributed by atoms with Gasteiger partial charge in [0.15, 0.2) is 11.6 Å². The average Bonchev–Trinajstić information content (AvgIpc) is 2.34. The highest BCUT2D eigenvalue weighted by atomic mass is 32.2. The van der Waals surface area contributed by atoms with Crippen molar-refractivity contribution in [3.63, 3.8) is 0 Å². The molecule has 2 N–H and O–H groups in total. The number of carbonyl (C=O) groups excluding carboxylic acids is 1. The van der Waals surface area contributed by atoms with E-state index in [1.807, 2.05) is 13.2 Å². The Bertz CT molecular complexity index is 429. The molecule has 0 unspecified atom stereocenters. The van der Waals surface area contributed by atoms with Gasteiger partial charge in [-0.05, 0) is 37.3 Å². The molecular weight excluding hydrogens is 270 g/mol.